The molecule has 0 saturated carbocycles. The van der Waals surface area contributed by atoms with E-state index in [2.05, 4.69) is 0 Å². The van der Waals surface area contributed by atoms with E-state index in [0.717, 1.165) is 5.69 Å². The highest BCUT2D eigenvalue weighted by Gasteiger charge is 2.17. The van der Waals surface area contributed by atoms with Crippen molar-refractivity contribution in [1.29, 1.82) is 0 Å². The predicted molar refractivity (Wildman–Crippen MR) is 58.1 cm³/mol. The lowest BCUT2D eigenvalue weighted by molar-refractivity contribution is 0.0685. The minimum Gasteiger partial charge on any atom is -0.503 e. The number of aromatic hydroxyl groups is 1. The van der Waals surface area contributed by atoms with Crippen LogP contribution < -0.4 is 5.43 Å². The molecule has 1 aromatic heterocycles. The van der Waals surface area contributed by atoms with Gasteiger partial charge in [-0.2, -0.15) is 0 Å². The molecule has 0 aliphatic heterocycles. The lowest BCUT2D eigenvalue weighted by atomic mass is 10.2. The van der Waals surface area contributed by atoms with E-state index in [1.807, 2.05) is 20.8 Å². The molecule has 0 bridgehead atoms. The summed E-state index contributed by atoms with van der Waals surface area (Å²) in [6, 6.07) is 1.41. The lowest BCUT2D eigenvalue weighted by Gasteiger charge is -2.19. The van der Waals surface area contributed by atoms with Gasteiger partial charge in [0.2, 0.25) is 5.43 Å². The highest BCUT2D eigenvalue weighted by molar-refractivity contribution is 5.30. The second-order valence-electron chi connectivity index (χ2n) is 3.54. The van der Waals surface area contributed by atoms with Crippen LogP contribution in [0.4, 0.5) is 0 Å². The average molecular weight is 211 g/mol. The molecule has 0 spiro atoms. The van der Waals surface area contributed by atoms with Gasteiger partial charge in [-0.25, -0.2) is 0 Å². The molecule has 1 rings (SSSR count). The largest absolute Gasteiger partial charge is 0.503 e. The molecule has 0 aliphatic rings. The smallest absolute Gasteiger partial charge is 0.223 e. The van der Waals surface area contributed by atoms with Gasteiger partial charge in [0.05, 0.1) is 11.8 Å². The summed E-state index contributed by atoms with van der Waals surface area (Å²) >= 11 is 0. The van der Waals surface area contributed by atoms with Crippen molar-refractivity contribution in [2.24, 2.45) is 7.05 Å². The van der Waals surface area contributed by atoms with Crippen LogP contribution in [0.15, 0.2) is 10.9 Å². The molecule has 1 heterocycles. The maximum atomic E-state index is 11.4. The van der Waals surface area contributed by atoms with Crippen LogP contribution >= 0.6 is 0 Å². The Kier molecular flexibility index (Phi) is 3.52. The summed E-state index contributed by atoms with van der Waals surface area (Å²) in [4.78, 5) is 11.4. The first-order valence-electron chi connectivity index (χ1n) is 5.00. The molecule has 0 aromatic carbocycles. The van der Waals surface area contributed by atoms with E-state index in [4.69, 9.17) is 4.74 Å². The SMILES string of the molecule is CCO[C@@H](C)c1c(O)c(=O)cc(C)n1C. The average Bonchev–Trinajstić information content (AvgIpc) is 2.16. The van der Waals surface area contributed by atoms with Crippen LogP contribution in [0.1, 0.15) is 31.3 Å². The van der Waals surface area contributed by atoms with Gasteiger partial charge in [0, 0.05) is 25.4 Å². The van der Waals surface area contributed by atoms with Crippen molar-refractivity contribution in [3.8, 4) is 5.75 Å². The van der Waals surface area contributed by atoms with E-state index in [1.165, 1.54) is 6.07 Å². The lowest BCUT2D eigenvalue weighted by Crippen LogP contribution is -2.16. The summed E-state index contributed by atoms with van der Waals surface area (Å²) in [7, 11) is 1.80. The number of nitrogens with zero attached hydrogens (tertiary/aromatic N) is 1. The zero-order valence-corrected chi connectivity index (χ0v) is 9.57. The Morgan fingerprint density at radius 3 is 2.73 bits per heavy atom. The molecule has 0 radical (unpaired) electrons. The Labute approximate surface area is 89.1 Å². The maximum Gasteiger partial charge on any atom is 0.223 e. The first-order chi connectivity index (χ1) is 6.99. The number of aryl methyl sites for hydroxylation is 1. The van der Waals surface area contributed by atoms with Crippen LogP contribution in [0.25, 0.3) is 0 Å². The van der Waals surface area contributed by atoms with Crippen LogP contribution in [0.5, 0.6) is 5.75 Å². The topological polar surface area (TPSA) is 51.5 Å². The summed E-state index contributed by atoms with van der Waals surface area (Å²) in [5.41, 5.74) is 0.980. The molecule has 1 aromatic rings. The van der Waals surface area contributed by atoms with E-state index in [-0.39, 0.29) is 17.3 Å². The first kappa shape index (κ1) is 11.8. The maximum absolute atomic E-state index is 11.4. The van der Waals surface area contributed by atoms with Crippen molar-refractivity contribution in [3.63, 3.8) is 0 Å². The van der Waals surface area contributed by atoms with Crippen LogP contribution in [0.3, 0.4) is 0 Å². The van der Waals surface area contributed by atoms with Crippen molar-refractivity contribution in [2.75, 3.05) is 6.61 Å². The molecule has 0 unspecified atom stereocenters. The Balaban J connectivity index is 3.32. The van der Waals surface area contributed by atoms with Crippen molar-refractivity contribution >= 4 is 0 Å². The molecule has 84 valence electrons. The number of aromatic nitrogens is 1. The third-order valence-electron chi connectivity index (χ3n) is 2.51. The summed E-state index contributed by atoms with van der Waals surface area (Å²) < 4.78 is 7.15. The third-order valence-corrected chi connectivity index (χ3v) is 2.51. The molecule has 4 heteroatoms. The molecular formula is C11H17NO3. The molecule has 0 saturated heterocycles. The zero-order valence-electron chi connectivity index (χ0n) is 9.57. The summed E-state index contributed by atoms with van der Waals surface area (Å²) in [5.74, 6) is -0.218. The van der Waals surface area contributed by atoms with E-state index in [1.54, 1.807) is 11.6 Å². The second-order valence-corrected chi connectivity index (χ2v) is 3.54. The predicted octanol–water partition coefficient (Wildman–Crippen LogP) is 1.50. The molecule has 15 heavy (non-hydrogen) atoms. The minimum absolute atomic E-state index is 0.218. The summed E-state index contributed by atoms with van der Waals surface area (Å²) in [5, 5.41) is 9.69. The molecule has 1 N–H and O–H groups in total. The third kappa shape index (κ3) is 2.21. The van der Waals surface area contributed by atoms with Gasteiger partial charge < -0.3 is 14.4 Å². The molecule has 0 fully saturated rings. The van der Waals surface area contributed by atoms with Gasteiger partial charge >= 0.3 is 0 Å². The molecule has 0 aliphatic carbocycles. The summed E-state index contributed by atoms with van der Waals surface area (Å²) in [6.07, 6.45) is -0.285. The molecule has 0 amide bonds. The van der Waals surface area contributed by atoms with Crippen LogP contribution in [0.2, 0.25) is 0 Å². The monoisotopic (exact) mass is 211 g/mol. The number of rotatable bonds is 3. The molecule has 1 atom stereocenters. The Morgan fingerprint density at radius 1 is 1.60 bits per heavy atom. The van der Waals surface area contributed by atoms with Crippen LogP contribution in [-0.4, -0.2) is 16.3 Å². The minimum atomic E-state index is -0.354. The van der Waals surface area contributed by atoms with E-state index < -0.39 is 0 Å². The normalized spacial score (nSPS) is 12.8. The van der Waals surface area contributed by atoms with Gasteiger partial charge in [0.1, 0.15) is 0 Å². The van der Waals surface area contributed by atoms with E-state index in [0.29, 0.717) is 12.3 Å². The Morgan fingerprint density at radius 2 is 2.20 bits per heavy atom. The van der Waals surface area contributed by atoms with Gasteiger partial charge in [0.15, 0.2) is 5.75 Å². The second kappa shape index (κ2) is 4.49. The van der Waals surface area contributed by atoms with E-state index in [9.17, 15) is 9.90 Å². The van der Waals surface area contributed by atoms with Gasteiger partial charge in [0.25, 0.3) is 0 Å². The van der Waals surface area contributed by atoms with Gasteiger partial charge in [-0.1, -0.05) is 0 Å². The number of hydrogen-bond donors (Lipinski definition) is 1. The Hall–Kier alpha value is -1.29. The molecule has 4 nitrogen and oxygen atoms in total. The van der Waals surface area contributed by atoms with Crippen molar-refractivity contribution < 1.29 is 9.84 Å². The van der Waals surface area contributed by atoms with Gasteiger partial charge in [-0.15, -0.1) is 0 Å². The summed E-state index contributed by atoms with van der Waals surface area (Å²) in [6.45, 7) is 6.06. The van der Waals surface area contributed by atoms with Gasteiger partial charge in [-0.05, 0) is 20.8 Å². The van der Waals surface area contributed by atoms with Crippen molar-refractivity contribution in [2.45, 2.75) is 26.9 Å². The Bertz CT molecular complexity index is 409. The first-order valence-corrected chi connectivity index (χ1v) is 5.00. The number of ether oxygens (including phenoxy) is 1. The zero-order chi connectivity index (χ0) is 11.6. The highest BCUT2D eigenvalue weighted by Crippen LogP contribution is 2.23. The van der Waals surface area contributed by atoms with Crippen molar-refractivity contribution in [1.82, 2.24) is 4.57 Å². The quantitative estimate of drug-likeness (QED) is 0.824. The van der Waals surface area contributed by atoms with Crippen LogP contribution in [0, 0.1) is 6.92 Å². The number of hydrogen-bond acceptors (Lipinski definition) is 3. The van der Waals surface area contributed by atoms with E-state index >= 15 is 0 Å². The standard InChI is InChI=1S/C11H17NO3/c1-5-15-8(3)10-11(14)9(13)6-7(2)12(10)4/h6,8,14H,5H2,1-4H3/t8-/m0/s1. The van der Waals surface area contributed by atoms with Gasteiger partial charge in [-0.3, -0.25) is 4.79 Å². The highest BCUT2D eigenvalue weighted by atomic mass is 16.5. The number of pyridine rings is 1. The molecular weight excluding hydrogens is 194 g/mol. The van der Waals surface area contributed by atoms with Crippen molar-refractivity contribution in [3.05, 3.63) is 27.7 Å². The fourth-order valence-corrected chi connectivity index (χ4v) is 1.62. The fraction of sp³-hybridized carbons (Fsp3) is 0.545. The fourth-order valence-electron chi connectivity index (χ4n) is 1.62. The van der Waals surface area contributed by atoms with Crippen LogP contribution in [-0.2, 0) is 11.8 Å².